The summed E-state index contributed by atoms with van der Waals surface area (Å²) in [5.41, 5.74) is 0. The van der Waals surface area contributed by atoms with Crippen LogP contribution in [0.25, 0.3) is 0 Å². The Morgan fingerprint density at radius 3 is 1.22 bits per heavy atom. The highest BCUT2D eigenvalue weighted by atomic mass is 14.4. The Bertz CT molecular complexity index is 337. The van der Waals surface area contributed by atoms with Crippen LogP contribution >= 0.6 is 0 Å². The molecule has 0 nitrogen and oxygen atoms in total. The predicted molar refractivity (Wildman–Crippen MR) is 102 cm³/mol. The molecule has 0 spiro atoms. The topological polar surface area (TPSA) is 0 Å². The average molecular weight is 314 g/mol. The molecule has 4 aliphatic rings. The highest BCUT2D eigenvalue weighted by Gasteiger charge is 2.34. The van der Waals surface area contributed by atoms with E-state index >= 15 is 0 Å². The number of hydrogen-bond donors (Lipinski definition) is 0. The van der Waals surface area contributed by atoms with Gasteiger partial charge in [0, 0.05) is 0 Å². The first-order valence-corrected chi connectivity index (χ1v) is 11.4. The smallest absolute Gasteiger partial charge is 0.0776 e. The van der Waals surface area contributed by atoms with Crippen molar-refractivity contribution in [3.8, 4) is 0 Å². The van der Waals surface area contributed by atoms with Crippen LogP contribution in [0.4, 0.5) is 0 Å². The lowest BCUT2D eigenvalue weighted by molar-refractivity contribution is 0.153. The van der Waals surface area contributed by atoms with E-state index in [1.165, 1.54) is 19.2 Å². The monoisotopic (exact) mass is 314 g/mol. The summed E-state index contributed by atoms with van der Waals surface area (Å²) in [5.74, 6) is 6.77. The largest absolute Gasteiger partial charge is 0.124 e. The van der Waals surface area contributed by atoms with E-state index in [0.29, 0.717) is 0 Å². The second-order valence-electron chi connectivity index (χ2n) is 9.79. The van der Waals surface area contributed by atoms with Gasteiger partial charge in [0.1, 0.15) is 7.28 Å². The molecule has 1 atom stereocenters. The van der Waals surface area contributed by atoms with Crippen LogP contribution in [0, 0.1) is 29.6 Å². The van der Waals surface area contributed by atoms with Gasteiger partial charge in [0.05, 0.1) is 0 Å². The van der Waals surface area contributed by atoms with Crippen LogP contribution in [0.15, 0.2) is 0 Å². The maximum atomic E-state index is 1.60. The van der Waals surface area contributed by atoms with Gasteiger partial charge in [-0.3, -0.25) is 0 Å². The third-order valence-corrected chi connectivity index (χ3v) is 8.67. The standard InChI is InChI=1S/C22H39B/c1-2-6-17(5-1)18-7-3-9-19(10-4-8-18)20-11-13-21(14-12-20)22-15-16-23-22/h17-23H,1-16H2. The number of rotatable bonds is 3. The summed E-state index contributed by atoms with van der Waals surface area (Å²) in [5, 5.41) is 0. The average Bonchev–Trinajstić information content (AvgIpc) is 3.01. The highest BCUT2D eigenvalue weighted by Crippen LogP contribution is 2.47. The third kappa shape index (κ3) is 4.01. The summed E-state index contributed by atoms with van der Waals surface area (Å²) in [4.78, 5) is 0. The first-order valence-electron chi connectivity index (χ1n) is 11.4. The molecule has 1 saturated heterocycles. The van der Waals surface area contributed by atoms with E-state index in [1.807, 2.05) is 0 Å². The second-order valence-corrected chi connectivity index (χ2v) is 9.79. The van der Waals surface area contributed by atoms with Crippen LogP contribution in [0.2, 0.25) is 12.1 Å². The summed E-state index contributed by atoms with van der Waals surface area (Å²) >= 11 is 0. The lowest BCUT2D eigenvalue weighted by atomic mass is 9.43. The van der Waals surface area contributed by atoms with Gasteiger partial charge in [-0.05, 0) is 42.4 Å². The lowest BCUT2D eigenvalue weighted by Gasteiger charge is -2.41. The maximum absolute atomic E-state index is 1.60. The van der Waals surface area contributed by atoms with E-state index in [0.717, 1.165) is 35.4 Å². The summed E-state index contributed by atoms with van der Waals surface area (Å²) in [6, 6.07) is 0. The number of hydrogen-bond acceptors (Lipinski definition) is 0. The minimum atomic E-state index is 1.11. The second kappa shape index (κ2) is 7.96. The predicted octanol–water partition coefficient (Wildman–Crippen LogP) is 6.62. The van der Waals surface area contributed by atoms with Crippen molar-refractivity contribution >= 4 is 7.28 Å². The van der Waals surface area contributed by atoms with Crippen molar-refractivity contribution in [2.45, 2.75) is 108 Å². The first kappa shape index (κ1) is 16.5. The highest BCUT2D eigenvalue weighted by molar-refractivity contribution is 6.41. The van der Waals surface area contributed by atoms with E-state index in [2.05, 4.69) is 0 Å². The van der Waals surface area contributed by atoms with Crippen molar-refractivity contribution in [2.75, 3.05) is 0 Å². The van der Waals surface area contributed by atoms with Gasteiger partial charge in [0.2, 0.25) is 0 Å². The van der Waals surface area contributed by atoms with Gasteiger partial charge in [-0.25, -0.2) is 0 Å². The molecule has 0 amide bonds. The minimum Gasteiger partial charge on any atom is -0.0776 e. The van der Waals surface area contributed by atoms with Gasteiger partial charge < -0.3 is 0 Å². The maximum Gasteiger partial charge on any atom is 0.124 e. The Balaban J connectivity index is 1.22. The van der Waals surface area contributed by atoms with Gasteiger partial charge in [0.25, 0.3) is 0 Å². The van der Waals surface area contributed by atoms with Gasteiger partial charge in [-0.2, -0.15) is 0 Å². The molecule has 3 saturated carbocycles. The van der Waals surface area contributed by atoms with E-state index in [4.69, 9.17) is 0 Å². The van der Waals surface area contributed by atoms with E-state index in [1.54, 1.807) is 90.8 Å². The van der Waals surface area contributed by atoms with Crippen LogP contribution in [-0.2, 0) is 0 Å². The molecule has 0 radical (unpaired) electrons. The van der Waals surface area contributed by atoms with Gasteiger partial charge in [0.15, 0.2) is 0 Å². The van der Waals surface area contributed by atoms with Crippen LogP contribution in [0.1, 0.15) is 96.3 Å². The minimum absolute atomic E-state index is 1.11. The van der Waals surface area contributed by atoms with Crippen molar-refractivity contribution in [2.24, 2.45) is 29.6 Å². The van der Waals surface area contributed by atoms with Crippen molar-refractivity contribution in [1.29, 1.82) is 0 Å². The Kier molecular flexibility index (Phi) is 5.72. The fourth-order valence-corrected chi connectivity index (χ4v) is 6.94. The SMILES string of the molecule is B1CCC1C1CCC(C2CCCC(C3CCCC3)CCC2)CC1. The first-order chi connectivity index (χ1) is 11.4. The van der Waals surface area contributed by atoms with Crippen molar-refractivity contribution in [1.82, 2.24) is 0 Å². The van der Waals surface area contributed by atoms with Crippen LogP contribution in [0.3, 0.4) is 0 Å². The molecule has 23 heavy (non-hydrogen) atoms. The molecule has 0 bridgehead atoms. The van der Waals surface area contributed by atoms with Gasteiger partial charge >= 0.3 is 0 Å². The zero-order valence-electron chi connectivity index (χ0n) is 15.5. The lowest BCUT2D eigenvalue weighted by Crippen LogP contribution is -2.30. The zero-order valence-corrected chi connectivity index (χ0v) is 15.5. The molecular formula is C22H39B. The summed E-state index contributed by atoms with van der Waals surface area (Å²) in [6.07, 6.45) is 25.2. The Morgan fingerprint density at radius 1 is 0.391 bits per heavy atom. The summed E-state index contributed by atoms with van der Waals surface area (Å²) in [7, 11) is 1.57. The van der Waals surface area contributed by atoms with Crippen molar-refractivity contribution < 1.29 is 0 Å². The normalized spacial score (nSPS) is 43.2. The molecular weight excluding hydrogens is 275 g/mol. The zero-order chi connectivity index (χ0) is 15.5. The van der Waals surface area contributed by atoms with E-state index in [-0.39, 0.29) is 0 Å². The van der Waals surface area contributed by atoms with Crippen LogP contribution < -0.4 is 0 Å². The molecule has 1 heterocycles. The van der Waals surface area contributed by atoms with Crippen molar-refractivity contribution in [3.63, 3.8) is 0 Å². The Hall–Kier alpha value is 0.0649. The quantitative estimate of drug-likeness (QED) is 0.514. The molecule has 0 aromatic heterocycles. The van der Waals surface area contributed by atoms with E-state index < -0.39 is 0 Å². The van der Waals surface area contributed by atoms with Crippen LogP contribution in [0.5, 0.6) is 0 Å². The molecule has 1 aliphatic heterocycles. The third-order valence-electron chi connectivity index (χ3n) is 8.67. The molecule has 4 fully saturated rings. The molecule has 0 aromatic carbocycles. The molecule has 0 aromatic rings. The molecule has 3 aliphatic carbocycles. The van der Waals surface area contributed by atoms with E-state index in [9.17, 15) is 0 Å². The molecule has 1 unspecified atom stereocenters. The van der Waals surface area contributed by atoms with Gasteiger partial charge in [-0.15, -0.1) is 0 Å². The fraction of sp³-hybridized carbons (Fsp3) is 1.00. The molecule has 4 rings (SSSR count). The Morgan fingerprint density at radius 2 is 0.783 bits per heavy atom. The van der Waals surface area contributed by atoms with Crippen molar-refractivity contribution in [3.05, 3.63) is 0 Å². The summed E-state index contributed by atoms with van der Waals surface area (Å²) in [6.45, 7) is 0. The molecule has 130 valence electrons. The van der Waals surface area contributed by atoms with Gasteiger partial charge in [-0.1, -0.05) is 95.6 Å². The Labute approximate surface area is 145 Å². The fourth-order valence-electron chi connectivity index (χ4n) is 6.94. The van der Waals surface area contributed by atoms with Crippen LogP contribution in [-0.4, -0.2) is 7.28 Å². The summed E-state index contributed by atoms with van der Waals surface area (Å²) < 4.78 is 0. The molecule has 0 N–H and O–H groups in total. The molecule has 1 heteroatoms.